The average molecular weight is 142 g/mol. The maximum absolute atomic E-state index is 3.07. The lowest BCUT2D eigenvalue weighted by Gasteiger charge is -2.19. The molecule has 0 aliphatic heterocycles. The second kappa shape index (κ2) is 4.20. The summed E-state index contributed by atoms with van der Waals surface area (Å²) in [7, 11) is 4.01. The number of nitrogens with zero attached hydrogens (tertiary/aromatic N) is 1. The van der Waals surface area contributed by atoms with Gasteiger partial charge in [0.25, 0.3) is 0 Å². The molecular weight excluding hydrogens is 124 g/mol. The summed E-state index contributed by atoms with van der Waals surface area (Å²) < 4.78 is 0. The standard InChI is InChI=1S/C8H18N2/c1-7(2)10(5)6-8(3)9-4/h6-7,9H,1-5H3/b8-6-. The second-order valence-electron chi connectivity index (χ2n) is 2.82. The minimum absolute atomic E-state index is 0.572. The van der Waals surface area contributed by atoms with Gasteiger partial charge in [-0.2, -0.15) is 0 Å². The van der Waals surface area contributed by atoms with Crippen LogP contribution in [0.25, 0.3) is 0 Å². The van der Waals surface area contributed by atoms with E-state index < -0.39 is 0 Å². The first-order valence-corrected chi connectivity index (χ1v) is 3.66. The van der Waals surface area contributed by atoms with Crippen LogP contribution in [-0.4, -0.2) is 25.0 Å². The molecule has 0 atom stereocenters. The molecule has 0 saturated carbocycles. The molecule has 0 aromatic heterocycles. The Balaban J connectivity index is 3.86. The second-order valence-corrected chi connectivity index (χ2v) is 2.82. The zero-order chi connectivity index (χ0) is 8.15. The molecule has 0 aromatic carbocycles. The topological polar surface area (TPSA) is 15.3 Å². The van der Waals surface area contributed by atoms with Gasteiger partial charge in [0, 0.05) is 32.0 Å². The Labute approximate surface area is 63.9 Å². The number of nitrogens with one attached hydrogen (secondary N) is 1. The Morgan fingerprint density at radius 3 is 2.30 bits per heavy atom. The molecule has 2 nitrogen and oxygen atoms in total. The molecule has 0 aliphatic carbocycles. The fraction of sp³-hybridized carbons (Fsp3) is 0.750. The fourth-order valence-electron chi connectivity index (χ4n) is 0.519. The first kappa shape index (κ1) is 9.34. The predicted molar refractivity (Wildman–Crippen MR) is 45.7 cm³/mol. The van der Waals surface area contributed by atoms with E-state index in [0.29, 0.717) is 6.04 Å². The first-order valence-electron chi connectivity index (χ1n) is 3.66. The van der Waals surface area contributed by atoms with Gasteiger partial charge in [-0.25, -0.2) is 0 Å². The van der Waals surface area contributed by atoms with Crippen molar-refractivity contribution in [3.05, 3.63) is 11.9 Å². The van der Waals surface area contributed by atoms with E-state index in [9.17, 15) is 0 Å². The van der Waals surface area contributed by atoms with Gasteiger partial charge < -0.3 is 10.2 Å². The van der Waals surface area contributed by atoms with Crippen molar-refractivity contribution in [3.63, 3.8) is 0 Å². The van der Waals surface area contributed by atoms with Crippen LogP contribution in [0.3, 0.4) is 0 Å². The maximum Gasteiger partial charge on any atom is 0.0234 e. The molecule has 0 rings (SSSR count). The average Bonchev–Trinajstić information content (AvgIpc) is 1.87. The maximum atomic E-state index is 3.07. The van der Waals surface area contributed by atoms with Crippen LogP contribution in [0.1, 0.15) is 20.8 Å². The molecule has 0 unspecified atom stereocenters. The Morgan fingerprint density at radius 2 is 2.00 bits per heavy atom. The third-order valence-corrected chi connectivity index (χ3v) is 1.61. The molecule has 0 saturated heterocycles. The minimum atomic E-state index is 0.572. The molecular formula is C8H18N2. The number of rotatable bonds is 3. The van der Waals surface area contributed by atoms with Crippen LogP contribution < -0.4 is 5.32 Å². The Kier molecular flexibility index (Phi) is 3.93. The van der Waals surface area contributed by atoms with Gasteiger partial charge in [-0.3, -0.25) is 0 Å². The largest absolute Gasteiger partial charge is 0.390 e. The van der Waals surface area contributed by atoms with Crippen LogP contribution in [0, 0.1) is 0 Å². The molecule has 0 radical (unpaired) electrons. The van der Waals surface area contributed by atoms with Crippen molar-refractivity contribution in [2.45, 2.75) is 26.8 Å². The lowest BCUT2D eigenvalue weighted by molar-refractivity contribution is 0.371. The highest BCUT2D eigenvalue weighted by Crippen LogP contribution is 1.96. The summed E-state index contributed by atoms with van der Waals surface area (Å²) in [4.78, 5) is 2.17. The molecule has 0 aliphatic rings. The van der Waals surface area contributed by atoms with Gasteiger partial charge >= 0.3 is 0 Å². The van der Waals surface area contributed by atoms with E-state index in [1.54, 1.807) is 0 Å². The Bertz CT molecular complexity index is 116. The highest BCUT2D eigenvalue weighted by atomic mass is 15.1. The highest BCUT2D eigenvalue weighted by Gasteiger charge is 1.96. The van der Waals surface area contributed by atoms with Gasteiger partial charge in [0.1, 0.15) is 0 Å². The van der Waals surface area contributed by atoms with Crippen molar-refractivity contribution in [2.75, 3.05) is 14.1 Å². The van der Waals surface area contributed by atoms with Crippen LogP contribution in [0.5, 0.6) is 0 Å². The third-order valence-electron chi connectivity index (χ3n) is 1.61. The lowest BCUT2D eigenvalue weighted by Crippen LogP contribution is -2.21. The molecule has 2 heteroatoms. The summed E-state index contributed by atoms with van der Waals surface area (Å²) in [6.45, 7) is 6.39. The third kappa shape index (κ3) is 3.38. The van der Waals surface area contributed by atoms with Crippen molar-refractivity contribution in [3.8, 4) is 0 Å². The predicted octanol–water partition coefficient (Wildman–Crippen LogP) is 1.41. The number of hydrogen-bond donors (Lipinski definition) is 1. The smallest absolute Gasteiger partial charge is 0.0234 e. The first-order chi connectivity index (χ1) is 4.57. The summed E-state index contributed by atoms with van der Waals surface area (Å²) >= 11 is 0. The quantitative estimate of drug-likeness (QED) is 0.641. The summed E-state index contributed by atoms with van der Waals surface area (Å²) in [6, 6.07) is 0.572. The van der Waals surface area contributed by atoms with E-state index in [-0.39, 0.29) is 0 Å². The molecule has 1 N–H and O–H groups in total. The van der Waals surface area contributed by atoms with Crippen LogP contribution in [0.15, 0.2) is 11.9 Å². The molecule has 0 aromatic rings. The molecule has 0 bridgehead atoms. The molecule has 10 heavy (non-hydrogen) atoms. The lowest BCUT2D eigenvalue weighted by atomic mass is 10.3. The van der Waals surface area contributed by atoms with E-state index in [1.807, 2.05) is 7.05 Å². The Morgan fingerprint density at radius 1 is 1.50 bits per heavy atom. The zero-order valence-electron chi connectivity index (χ0n) is 7.60. The van der Waals surface area contributed by atoms with Crippen LogP contribution in [0.4, 0.5) is 0 Å². The SMILES string of the molecule is CN/C(C)=C\N(C)C(C)C. The van der Waals surface area contributed by atoms with Crippen molar-refractivity contribution in [2.24, 2.45) is 0 Å². The normalized spacial score (nSPS) is 12.0. The fourth-order valence-corrected chi connectivity index (χ4v) is 0.519. The van der Waals surface area contributed by atoms with Crippen molar-refractivity contribution >= 4 is 0 Å². The van der Waals surface area contributed by atoms with Crippen LogP contribution >= 0.6 is 0 Å². The van der Waals surface area contributed by atoms with Crippen molar-refractivity contribution in [1.29, 1.82) is 0 Å². The van der Waals surface area contributed by atoms with Crippen molar-refractivity contribution in [1.82, 2.24) is 10.2 Å². The van der Waals surface area contributed by atoms with E-state index in [4.69, 9.17) is 0 Å². The van der Waals surface area contributed by atoms with E-state index >= 15 is 0 Å². The molecule has 0 amide bonds. The van der Waals surface area contributed by atoms with E-state index in [2.05, 4.69) is 44.2 Å². The number of hydrogen-bond acceptors (Lipinski definition) is 2. The van der Waals surface area contributed by atoms with E-state index in [1.165, 1.54) is 5.70 Å². The van der Waals surface area contributed by atoms with Gasteiger partial charge in [0.15, 0.2) is 0 Å². The summed E-state index contributed by atoms with van der Waals surface area (Å²) in [5, 5.41) is 3.07. The van der Waals surface area contributed by atoms with Gasteiger partial charge in [-0.15, -0.1) is 0 Å². The summed E-state index contributed by atoms with van der Waals surface area (Å²) in [5.74, 6) is 0. The molecule has 60 valence electrons. The van der Waals surface area contributed by atoms with Crippen LogP contribution in [0.2, 0.25) is 0 Å². The van der Waals surface area contributed by atoms with Crippen LogP contribution in [-0.2, 0) is 0 Å². The zero-order valence-corrected chi connectivity index (χ0v) is 7.60. The number of allylic oxidation sites excluding steroid dienone is 1. The van der Waals surface area contributed by atoms with Gasteiger partial charge in [-0.1, -0.05) is 0 Å². The van der Waals surface area contributed by atoms with Gasteiger partial charge in [0.05, 0.1) is 0 Å². The Hall–Kier alpha value is -0.660. The minimum Gasteiger partial charge on any atom is -0.390 e. The molecule has 0 fully saturated rings. The monoisotopic (exact) mass is 142 g/mol. The van der Waals surface area contributed by atoms with Gasteiger partial charge in [0.2, 0.25) is 0 Å². The van der Waals surface area contributed by atoms with E-state index in [0.717, 1.165) is 0 Å². The van der Waals surface area contributed by atoms with Crippen molar-refractivity contribution < 1.29 is 0 Å². The molecule has 0 heterocycles. The molecule has 0 spiro atoms. The highest BCUT2D eigenvalue weighted by molar-refractivity contribution is 4.93. The summed E-state index contributed by atoms with van der Waals surface area (Å²) in [6.07, 6.45) is 2.10. The van der Waals surface area contributed by atoms with Gasteiger partial charge in [-0.05, 0) is 20.8 Å². The summed E-state index contributed by atoms with van der Waals surface area (Å²) in [5.41, 5.74) is 1.19.